The number of alkyl halides is 2. The maximum atomic E-state index is 14.2. The van der Waals surface area contributed by atoms with Gasteiger partial charge in [-0.1, -0.05) is 57.2 Å². The van der Waals surface area contributed by atoms with Crippen molar-refractivity contribution in [1.82, 2.24) is 10.3 Å². The molecule has 3 N–H and O–H groups in total. The summed E-state index contributed by atoms with van der Waals surface area (Å²) in [6.45, 7) is 2.14. The summed E-state index contributed by atoms with van der Waals surface area (Å²) in [7, 11) is 0. The lowest BCUT2D eigenvalue weighted by Gasteiger charge is -2.24. The number of benzene rings is 3. The van der Waals surface area contributed by atoms with Gasteiger partial charge in [0, 0.05) is 23.7 Å². The number of aromatic nitrogens is 1. The van der Waals surface area contributed by atoms with Crippen molar-refractivity contribution < 1.29 is 45.8 Å². The highest BCUT2D eigenvalue weighted by molar-refractivity contribution is 5.94. The monoisotopic (exact) mass is 629 g/mol. The summed E-state index contributed by atoms with van der Waals surface area (Å²) in [5, 5.41) is 2.51. The predicted octanol–water partition coefficient (Wildman–Crippen LogP) is 7.30. The molecule has 1 unspecified atom stereocenters. The molecular weight excluding hydrogens is 598 g/mol. The van der Waals surface area contributed by atoms with Gasteiger partial charge in [0.1, 0.15) is 18.2 Å². The number of primary amides is 1. The second kappa shape index (κ2) is 14.1. The first kappa shape index (κ1) is 32.8. The molecular formula is C32H31F4N3O6. The van der Waals surface area contributed by atoms with Crippen LogP contribution in [0, 0.1) is 17.0 Å². The zero-order valence-corrected chi connectivity index (χ0v) is 24.6. The first-order valence-electron chi connectivity index (χ1n) is 13.7. The molecule has 45 heavy (non-hydrogen) atoms. The largest absolute Gasteiger partial charge is 0.485 e. The Balaban J connectivity index is 1.73. The molecule has 2 amide bonds. The average molecular weight is 630 g/mol. The normalized spacial score (nSPS) is 12.1. The number of halogens is 4. The molecule has 0 saturated heterocycles. The summed E-state index contributed by atoms with van der Waals surface area (Å²) in [5.74, 6) is -3.09. The summed E-state index contributed by atoms with van der Waals surface area (Å²) in [6.07, 6.45) is -2.14. The number of ether oxygens (including phenoxy) is 3. The lowest BCUT2D eigenvalue weighted by atomic mass is 9.88. The Morgan fingerprint density at radius 1 is 1.00 bits per heavy atom. The molecule has 1 aromatic heterocycles. The number of rotatable bonds is 12. The van der Waals surface area contributed by atoms with E-state index in [0.717, 1.165) is 11.6 Å². The number of oxazole rings is 1. The minimum absolute atomic E-state index is 0.00414. The third-order valence-electron chi connectivity index (χ3n) is 6.32. The molecule has 0 saturated carbocycles. The van der Waals surface area contributed by atoms with Crippen LogP contribution in [-0.2, 0) is 17.9 Å². The maximum Gasteiger partial charge on any atom is 0.405 e. The van der Waals surface area contributed by atoms with Gasteiger partial charge in [0.25, 0.3) is 5.91 Å². The number of nitrogens with one attached hydrogen (secondary N) is 1. The van der Waals surface area contributed by atoms with Crippen molar-refractivity contribution >= 4 is 12.0 Å². The fraction of sp³-hybridized carbons (Fsp3) is 0.281. The van der Waals surface area contributed by atoms with Crippen LogP contribution in [-0.4, -0.2) is 23.6 Å². The van der Waals surface area contributed by atoms with Crippen LogP contribution in [0.5, 0.6) is 11.5 Å². The van der Waals surface area contributed by atoms with E-state index in [2.05, 4.69) is 15.0 Å². The molecule has 0 fully saturated rings. The van der Waals surface area contributed by atoms with Crippen LogP contribution in [0.1, 0.15) is 60.7 Å². The summed E-state index contributed by atoms with van der Waals surface area (Å²) < 4.78 is 75.6. The highest BCUT2D eigenvalue weighted by Gasteiger charge is 2.33. The standard InChI is InChI=1S/C32H31F4N3O6/c1-32(2,3)15-25(44-31(37)41)27-26(28(40)38-16-20-9-11-21(33)14-22(20)34)39-29(45-27)19-10-12-23(43-30(35)36)24(13-19)42-17-18-7-5-4-6-8-18/h4-14,25,30H,15-17H2,1-3H3,(H2,37,41)(H,38,40). The summed E-state index contributed by atoms with van der Waals surface area (Å²) in [4.78, 5) is 29.6. The van der Waals surface area contributed by atoms with E-state index in [4.69, 9.17) is 19.6 Å². The smallest absolute Gasteiger partial charge is 0.405 e. The number of hydrogen-bond acceptors (Lipinski definition) is 7. The van der Waals surface area contributed by atoms with E-state index in [0.29, 0.717) is 6.07 Å². The Morgan fingerprint density at radius 2 is 1.73 bits per heavy atom. The van der Waals surface area contributed by atoms with Crippen molar-refractivity contribution in [2.24, 2.45) is 11.1 Å². The molecule has 3 aromatic carbocycles. The van der Waals surface area contributed by atoms with Crippen molar-refractivity contribution in [1.29, 1.82) is 0 Å². The van der Waals surface area contributed by atoms with Gasteiger partial charge in [-0.05, 0) is 41.7 Å². The summed E-state index contributed by atoms with van der Waals surface area (Å²) >= 11 is 0. The molecule has 0 spiro atoms. The van der Waals surface area contributed by atoms with Gasteiger partial charge in [-0.3, -0.25) is 4.79 Å². The molecule has 0 radical (unpaired) electrons. The number of carbonyl (C=O) groups is 2. The van der Waals surface area contributed by atoms with E-state index in [1.165, 1.54) is 24.3 Å². The van der Waals surface area contributed by atoms with Crippen LogP contribution in [0.25, 0.3) is 11.5 Å². The fourth-order valence-electron chi connectivity index (χ4n) is 4.33. The lowest BCUT2D eigenvalue weighted by Crippen LogP contribution is -2.27. The molecule has 238 valence electrons. The van der Waals surface area contributed by atoms with Crippen molar-refractivity contribution in [2.75, 3.05) is 0 Å². The number of hydrogen-bond donors (Lipinski definition) is 2. The van der Waals surface area contributed by atoms with Crippen LogP contribution in [0.2, 0.25) is 0 Å². The first-order chi connectivity index (χ1) is 21.3. The second-order valence-corrected chi connectivity index (χ2v) is 11.2. The number of nitrogens with zero attached hydrogens (tertiary/aromatic N) is 1. The van der Waals surface area contributed by atoms with E-state index in [-0.39, 0.29) is 59.5 Å². The van der Waals surface area contributed by atoms with Gasteiger partial charge in [0.05, 0.1) is 0 Å². The first-order valence-corrected chi connectivity index (χ1v) is 13.7. The highest BCUT2D eigenvalue weighted by Crippen LogP contribution is 2.38. The lowest BCUT2D eigenvalue weighted by molar-refractivity contribution is -0.0515. The van der Waals surface area contributed by atoms with E-state index >= 15 is 0 Å². The van der Waals surface area contributed by atoms with Gasteiger partial charge in [0.15, 0.2) is 29.1 Å². The van der Waals surface area contributed by atoms with E-state index in [1.807, 2.05) is 26.8 Å². The SMILES string of the molecule is CC(C)(C)CC(OC(N)=O)c1oc(-c2ccc(OC(F)F)c(OCc3ccccc3)c2)nc1C(=O)NCc1ccc(F)cc1F. The quantitative estimate of drug-likeness (QED) is 0.158. The molecule has 13 heteroatoms. The van der Waals surface area contributed by atoms with Crippen LogP contribution in [0.15, 0.2) is 71.1 Å². The maximum absolute atomic E-state index is 14.2. The van der Waals surface area contributed by atoms with Gasteiger partial charge >= 0.3 is 12.7 Å². The Kier molecular flexibility index (Phi) is 10.3. The molecule has 0 bridgehead atoms. The summed E-state index contributed by atoms with van der Waals surface area (Å²) in [5.41, 5.74) is 5.54. The van der Waals surface area contributed by atoms with Crippen molar-refractivity contribution in [2.45, 2.75) is 53.1 Å². The van der Waals surface area contributed by atoms with Crippen molar-refractivity contribution in [3.05, 3.63) is 101 Å². The molecule has 0 aliphatic carbocycles. The Bertz CT molecular complexity index is 1640. The number of nitrogens with two attached hydrogens (primary N) is 1. The zero-order valence-electron chi connectivity index (χ0n) is 24.6. The predicted molar refractivity (Wildman–Crippen MR) is 154 cm³/mol. The Hall–Kier alpha value is -5.07. The molecule has 4 rings (SSSR count). The Morgan fingerprint density at radius 3 is 2.38 bits per heavy atom. The summed E-state index contributed by atoms with van der Waals surface area (Å²) in [6, 6.07) is 15.8. The molecule has 0 aliphatic heterocycles. The zero-order chi connectivity index (χ0) is 32.7. The van der Waals surface area contributed by atoms with Crippen LogP contribution < -0.4 is 20.5 Å². The minimum Gasteiger partial charge on any atom is -0.485 e. The minimum atomic E-state index is -3.13. The Labute approximate surface area is 256 Å². The third-order valence-corrected chi connectivity index (χ3v) is 6.32. The third kappa shape index (κ3) is 9.21. The molecule has 4 aromatic rings. The fourth-order valence-corrected chi connectivity index (χ4v) is 4.33. The van der Waals surface area contributed by atoms with Crippen LogP contribution in [0.3, 0.4) is 0 Å². The van der Waals surface area contributed by atoms with E-state index in [9.17, 15) is 27.2 Å². The van der Waals surface area contributed by atoms with Crippen LogP contribution >= 0.6 is 0 Å². The molecule has 0 aliphatic rings. The van der Waals surface area contributed by atoms with Crippen molar-refractivity contribution in [3.63, 3.8) is 0 Å². The van der Waals surface area contributed by atoms with E-state index < -0.39 is 41.8 Å². The van der Waals surface area contributed by atoms with Gasteiger partial charge in [-0.25, -0.2) is 18.6 Å². The van der Waals surface area contributed by atoms with Gasteiger partial charge < -0.3 is 29.7 Å². The molecule has 9 nitrogen and oxygen atoms in total. The van der Waals surface area contributed by atoms with Gasteiger partial charge in [0.2, 0.25) is 5.89 Å². The number of amides is 2. The van der Waals surface area contributed by atoms with Gasteiger partial charge in [-0.15, -0.1) is 0 Å². The molecule has 1 heterocycles. The highest BCUT2D eigenvalue weighted by atomic mass is 19.3. The molecule has 1 atom stereocenters. The number of carbonyl (C=O) groups excluding carboxylic acids is 2. The van der Waals surface area contributed by atoms with Gasteiger partial charge in [-0.2, -0.15) is 8.78 Å². The van der Waals surface area contributed by atoms with Crippen LogP contribution in [0.4, 0.5) is 22.4 Å². The van der Waals surface area contributed by atoms with Crippen molar-refractivity contribution in [3.8, 4) is 23.0 Å². The average Bonchev–Trinajstić information content (AvgIpc) is 3.41. The van der Waals surface area contributed by atoms with E-state index in [1.54, 1.807) is 24.3 Å². The topological polar surface area (TPSA) is 126 Å². The second-order valence-electron chi connectivity index (χ2n) is 11.2.